The third-order valence-electron chi connectivity index (χ3n) is 4.89. The van der Waals surface area contributed by atoms with Crippen molar-refractivity contribution in [3.63, 3.8) is 0 Å². The SMILES string of the molecule is COc1ccc(CNC(=O)C2CCCN2C(=O)c2cc(Cl)ccc2OC)cc1Br. The Bertz CT molecular complexity index is 922. The van der Waals surface area contributed by atoms with Gasteiger partial charge in [-0.2, -0.15) is 0 Å². The summed E-state index contributed by atoms with van der Waals surface area (Å²) in [5.41, 5.74) is 1.29. The minimum absolute atomic E-state index is 0.177. The molecule has 1 aliphatic heterocycles. The maximum atomic E-state index is 13.1. The lowest BCUT2D eigenvalue weighted by Crippen LogP contribution is -2.45. The second-order valence-corrected chi connectivity index (χ2v) is 7.98. The first kappa shape index (κ1) is 21.5. The summed E-state index contributed by atoms with van der Waals surface area (Å²) in [6, 6.07) is 9.99. The highest BCUT2D eigenvalue weighted by atomic mass is 79.9. The number of halogens is 2. The van der Waals surface area contributed by atoms with Crippen molar-refractivity contribution in [3.05, 3.63) is 57.0 Å². The van der Waals surface area contributed by atoms with Crippen LogP contribution in [0.2, 0.25) is 5.02 Å². The van der Waals surface area contributed by atoms with Crippen LogP contribution in [0, 0.1) is 0 Å². The fourth-order valence-electron chi connectivity index (χ4n) is 3.41. The summed E-state index contributed by atoms with van der Waals surface area (Å²) in [5, 5.41) is 3.37. The minimum Gasteiger partial charge on any atom is -0.496 e. The van der Waals surface area contributed by atoms with Crippen LogP contribution in [0.15, 0.2) is 40.9 Å². The first-order valence-corrected chi connectivity index (χ1v) is 10.4. The van der Waals surface area contributed by atoms with E-state index >= 15 is 0 Å². The molecule has 0 spiro atoms. The molecule has 0 radical (unpaired) electrons. The molecule has 0 bridgehead atoms. The molecule has 0 saturated carbocycles. The van der Waals surface area contributed by atoms with Crippen LogP contribution in [-0.4, -0.2) is 43.5 Å². The van der Waals surface area contributed by atoms with Gasteiger partial charge in [0.2, 0.25) is 5.91 Å². The molecule has 2 amide bonds. The molecule has 1 aliphatic rings. The summed E-state index contributed by atoms with van der Waals surface area (Å²) < 4.78 is 11.3. The Balaban J connectivity index is 1.70. The molecule has 154 valence electrons. The zero-order valence-corrected chi connectivity index (χ0v) is 18.5. The fraction of sp³-hybridized carbons (Fsp3) is 0.333. The molecule has 1 saturated heterocycles. The molecule has 1 unspecified atom stereocenters. The summed E-state index contributed by atoms with van der Waals surface area (Å²) >= 11 is 9.50. The van der Waals surface area contributed by atoms with E-state index in [0.29, 0.717) is 35.8 Å². The summed E-state index contributed by atoms with van der Waals surface area (Å²) in [6.07, 6.45) is 1.38. The van der Waals surface area contributed by atoms with Gasteiger partial charge in [0, 0.05) is 18.1 Å². The number of hydrogen-bond donors (Lipinski definition) is 1. The van der Waals surface area contributed by atoms with Crippen molar-refractivity contribution < 1.29 is 19.1 Å². The topological polar surface area (TPSA) is 67.9 Å². The Hall–Kier alpha value is -2.25. The molecular formula is C21H22BrClN2O4. The molecule has 1 N–H and O–H groups in total. The van der Waals surface area contributed by atoms with Crippen LogP contribution >= 0.6 is 27.5 Å². The molecule has 6 nitrogen and oxygen atoms in total. The number of rotatable bonds is 6. The zero-order chi connectivity index (χ0) is 21.0. The number of likely N-dealkylation sites (tertiary alicyclic amines) is 1. The van der Waals surface area contributed by atoms with Gasteiger partial charge < -0.3 is 19.7 Å². The van der Waals surface area contributed by atoms with E-state index in [0.717, 1.165) is 22.2 Å². The van der Waals surface area contributed by atoms with Gasteiger partial charge in [-0.3, -0.25) is 9.59 Å². The number of carbonyl (C=O) groups excluding carboxylic acids is 2. The number of methoxy groups -OCH3 is 2. The molecule has 8 heteroatoms. The lowest BCUT2D eigenvalue weighted by Gasteiger charge is -2.25. The predicted molar refractivity (Wildman–Crippen MR) is 115 cm³/mol. The standard InChI is InChI=1S/C21H22BrClN2O4/c1-28-18-8-6-14(23)11-15(18)21(27)25-9-3-4-17(25)20(26)24-12-13-5-7-19(29-2)16(22)10-13/h5-8,10-11,17H,3-4,9,12H2,1-2H3,(H,24,26). The monoisotopic (exact) mass is 480 g/mol. The molecule has 29 heavy (non-hydrogen) atoms. The molecule has 1 fully saturated rings. The van der Waals surface area contributed by atoms with Crippen molar-refractivity contribution >= 4 is 39.3 Å². The highest BCUT2D eigenvalue weighted by Gasteiger charge is 2.35. The van der Waals surface area contributed by atoms with Crippen LogP contribution in [0.5, 0.6) is 11.5 Å². The molecule has 0 aromatic heterocycles. The quantitative estimate of drug-likeness (QED) is 0.676. The molecule has 3 rings (SSSR count). The average Bonchev–Trinajstić information content (AvgIpc) is 3.21. The van der Waals surface area contributed by atoms with Crippen molar-refractivity contribution in [1.82, 2.24) is 10.2 Å². The van der Waals surface area contributed by atoms with E-state index in [1.807, 2.05) is 18.2 Å². The highest BCUT2D eigenvalue weighted by Crippen LogP contribution is 2.28. The number of nitrogens with zero attached hydrogens (tertiary/aromatic N) is 1. The van der Waals surface area contributed by atoms with Gasteiger partial charge in [0.25, 0.3) is 5.91 Å². The summed E-state index contributed by atoms with van der Waals surface area (Å²) in [6.45, 7) is 0.876. The number of carbonyl (C=O) groups is 2. The van der Waals surface area contributed by atoms with Crippen molar-refractivity contribution in [3.8, 4) is 11.5 Å². The van der Waals surface area contributed by atoms with E-state index in [1.165, 1.54) is 7.11 Å². The number of nitrogens with one attached hydrogen (secondary N) is 1. The first-order chi connectivity index (χ1) is 13.9. The maximum Gasteiger partial charge on any atom is 0.258 e. The van der Waals surface area contributed by atoms with Crippen LogP contribution in [0.4, 0.5) is 0 Å². The van der Waals surface area contributed by atoms with Crippen molar-refractivity contribution in [2.45, 2.75) is 25.4 Å². The lowest BCUT2D eigenvalue weighted by molar-refractivity contribution is -0.125. The highest BCUT2D eigenvalue weighted by molar-refractivity contribution is 9.10. The maximum absolute atomic E-state index is 13.1. The number of amides is 2. The van der Waals surface area contributed by atoms with Gasteiger partial charge in [0.1, 0.15) is 17.5 Å². The summed E-state index contributed by atoms with van der Waals surface area (Å²) in [4.78, 5) is 27.5. The average molecular weight is 482 g/mol. The minimum atomic E-state index is -0.520. The Morgan fingerprint density at radius 3 is 2.59 bits per heavy atom. The van der Waals surface area contributed by atoms with Crippen molar-refractivity contribution in [1.29, 1.82) is 0 Å². The molecule has 1 atom stereocenters. The second kappa shape index (κ2) is 9.50. The Morgan fingerprint density at radius 2 is 1.90 bits per heavy atom. The smallest absolute Gasteiger partial charge is 0.258 e. The number of ether oxygens (including phenoxy) is 2. The van der Waals surface area contributed by atoms with Gasteiger partial charge in [-0.25, -0.2) is 0 Å². The molecule has 1 heterocycles. The first-order valence-electron chi connectivity index (χ1n) is 9.19. The van der Waals surface area contributed by atoms with Crippen molar-refractivity contribution in [2.75, 3.05) is 20.8 Å². The van der Waals surface area contributed by atoms with Crippen LogP contribution < -0.4 is 14.8 Å². The normalized spacial score (nSPS) is 15.9. The van der Waals surface area contributed by atoms with Gasteiger partial charge in [-0.1, -0.05) is 17.7 Å². The number of benzene rings is 2. The van der Waals surface area contributed by atoms with E-state index in [4.69, 9.17) is 21.1 Å². The van der Waals surface area contributed by atoms with E-state index in [1.54, 1.807) is 30.2 Å². The van der Waals surface area contributed by atoms with Gasteiger partial charge in [0.05, 0.1) is 24.3 Å². The third-order valence-corrected chi connectivity index (χ3v) is 5.75. The van der Waals surface area contributed by atoms with Crippen LogP contribution in [-0.2, 0) is 11.3 Å². The van der Waals surface area contributed by atoms with Crippen LogP contribution in [0.3, 0.4) is 0 Å². The Labute approximate surface area is 183 Å². The van der Waals surface area contributed by atoms with Gasteiger partial charge in [-0.15, -0.1) is 0 Å². The Kier molecular flexibility index (Phi) is 7.03. The molecule has 0 aliphatic carbocycles. The van der Waals surface area contributed by atoms with Crippen LogP contribution in [0.25, 0.3) is 0 Å². The predicted octanol–water partition coefficient (Wildman–Crippen LogP) is 4.04. The largest absolute Gasteiger partial charge is 0.496 e. The van der Waals surface area contributed by atoms with Gasteiger partial charge in [0.15, 0.2) is 0 Å². The summed E-state index contributed by atoms with van der Waals surface area (Å²) in [7, 11) is 3.10. The molecule has 2 aromatic rings. The Morgan fingerprint density at radius 1 is 1.17 bits per heavy atom. The summed E-state index contributed by atoms with van der Waals surface area (Å²) in [5.74, 6) is 0.731. The van der Waals surface area contributed by atoms with E-state index in [-0.39, 0.29) is 11.8 Å². The van der Waals surface area contributed by atoms with Gasteiger partial charge >= 0.3 is 0 Å². The molecule has 2 aromatic carbocycles. The van der Waals surface area contributed by atoms with Crippen molar-refractivity contribution in [2.24, 2.45) is 0 Å². The number of hydrogen-bond acceptors (Lipinski definition) is 4. The lowest BCUT2D eigenvalue weighted by atomic mass is 10.1. The second-order valence-electron chi connectivity index (χ2n) is 6.69. The zero-order valence-electron chi connectivity index (χ0n) is 16.2. The molecular weight excluding hydrogens is 460 g/mol. The fourth-order valence-corrected chi connectivity index (χ4v) is 4.17. The van der Waals surface area contributed by atoms with E-state index in [9.17, 15) is 9.59 Å². The van der Waals surface area contributed by atoms with E-state index < -0.39 is 6.04 Å². The van der Waals surface area contributed by atoms with E-state index in [2.05, 4.69) is 21.2 Å². The van der Waals surface area contributed by atoms with Crippen LogP contribution in [0.1, 0.15) is 28.8 Å². The van der Waals surface area contributed by atoms with Gasteiger partial charge in [-0.05, 0) is 64.7 Å². The third kappa shape index (κ3) is 4.85.